The van der Waals surface area contributed by atoms with Gasteiger partial charge in [-0.1, -0.05) is 6.07 Å². The molecule has 0 aliphatic carbocycles. The first-order valence-corrected chi connectivity index (χ1v) is 3.28. The Kier molecular flexibility index (Phi) is 2.09. The highest BCUT2D eigenvalue weighted by Crippen LogP contribution is 2.12. The Balaban J connectivity index is 3.25. The van der Waals surface area contributed by atoms with E-state index in [2.05, 4.69) is 0 Å². The first kappa shape index (κ1) is 8.26. The molecule has 0 saturated heterocycles. The predicted molar refractivity (Wildman–Crippen MR) is 45.7 cm³/mol. The fourth-order valence-corrected chi connectivity index (χ4v) is 0.849. The van der Waals surface area contributed by atoms with Crippen LogP contribution < -0.4 is 5.73 Å². The lowest BCUT2D eigenvalue weighted by Gasteiger charge is -2.00. The lowest BCUT2D eigenvalue weighted by atomic mass is 10.1. The quantitative estimate of drug-likeness (QED) is 0.449. The van der Waals surface area contributed by atoms with Gasteiger partial charge in [-0.2, -0.15) is 0 Å². The summed E-state index contributed by atoms with van der Waals surface area (Å²) in [5.41, 5.74) is 6.17. The zero-order chi connectivity index (χ0) is 9.14. The summed E-state index contributed by atoms with van der Waals surface area (Å²) in [5, 5.41) is 15.5. The van der Waals surface area contributed by atoms with Gasteiger partial charge < -0.3 is 16.2 Å². The molecule has 0 aliphatic heterocycles. The fraction of sp³-hybridized carbons (Fsp3) is 0. The molecular formula is C8H8N2O2. The maximum Gasteiger partial charge on any atom is 0.337 e. The molecule has 0 fully saturated rings. The summed E-state index contributed by atoms with van der Waals surface area (Å²) in [4.78, 5) is 10.5. The van der Waals surface area contributed by atoms with E-state index in [-0.39, 0.29) is 11.3 Å². The molecule has 0 atom stereocenters. The smallest absolute Gasteiger partial charge is 0.337 e. The molecule has 4 heteroatoms. The van der Waals surface area contributed by atoms with E-state index in [1.807, 2.05) is 0 Å². The summed E-state index contributed by atoms with van der Waals surface area (Å²) < 4.78 is 0. The zero-order valence-electron chi connectivity index (χ0n) is 6.24. The van der Waals surface area contributed by atoms with Gasteiger partial charge in [-0.05, 0) is 17.7 Å². The molecule has 1 rings (SSSR count). The second kappa shape index (κ2) is 3.04. The fourth-order valence-electron chi connectivity index (χ4n) is 0.849. The molecule has 4 nitrogen and oxygen atoms in total. The predicted octanol–water partition coefficient (Wildman–Crippen LogP) is 0.965. The number of carboxylic acid groups (broad SMARTS) is 1. The maximum absolute atomic E-state index is 10.5. The number of nitrogens with one attached hydrogen (secondary N) is 1. The van der Waals surface area contributed by atoms with Crippen LogP contribution in [0, 0.1) is 5.41 Å². The molecule has 12 heavy (non-hydrogen) atoms. The third kappa shape index (κ3) is 1.42. The number of rotatable bonds is 2. The standard InChI is InChI=1S/C8H8N2O2/c9-4-5-1-2-7(10)6(3-5)8(11)12/h1-4,9H,10H2,(H,11,12). The van der Waals surface area contributed by atoms with E-state index in [0.717, 1.165) is 6.21 Å². The van der Waals surface area contributed by atoms with Crippen molar-refractivity contribution in [3.05, 3.63) is 29.3 Å². The van der Waals surface area contributed by atoms with Gasteiger partial charge in [-0.3, -0.25) is 0 Å². The van der Waals surface area contributed by atoms with Crippen LogP contribution in [0.3, 0.4) is 0 Å². The molecule has 1 aromatic carbocycles. The summed E-state index contributed by atoms with van der Waals surface area (Å²) >= 11 is 0. The van der Waals surface area contributed by atoms with Gasteiger partial charge in [0.05, 0.1) is 5.56 Å². The Bertz CT molecular complexity index is 334. The summed E-state index contributed by atoms with van der Waals surface area (Å²) in [6.07, 6.45) is 1.08. The van der Waals surface area contributed by atoms with E-state index < -0.39 is 5.97 Å². The summed E-state index contributed by atoms with van der Waals surface area (Å²) in [7, 11) is 0. The van der Waals surface area contributed by atoms with Crippen LogP contribution in [0.4, 0.5) is 5.69 Å². The molecule has 0 saturated carbocycles. The average Bonchev–Trinajstić information content (AvgIpc) is 2.05. The van der Waals surface area contributed by atoms with E-state index in [4.69, 9.17) is 16.2 Å². The monoisotopic (exact) mass is 164 g/mol. The van der Waals surface area contributed by atoms with Gasteiger partial charge in [0.25, 0.3) is 0 Å². The van der Waals surface area contributed by atoms with Crippen molar-refractivity contribution in [1.29, 1.82) is 5.41 Å². The van der Waals surface area contributed by atoms with E-state index in [1.165, 1.54) is 12.1 Å². The average molecular weight is 164 g/mol. The number of carboxylic acids is 1. The van der Waals surface area contributed by atoms with Crippen LogP contribution >= 0.6 is 0 Å². The van der Waals surface area contributed by atoms with Crippen LogP contribution in [0.5, 0.6) is 0 Å². The third-order valence-electron chi connectivity index (χ3n) is 1.47. The van der Waals surface area contributed by atoms with Crippen LogP contribution in [0.1, 0.15) is 15.9 Å². The van der Waals surface area contributed by atoms with E-state index in [1.54, 1.807) is 6.07 Å². The number of aromatic carboxylic acids is 1. The SMILES string of the molecule is N=Cc1ccc(N)c(C(=O)O)c1. The van der Waals surface area contributed by atoms with Crippen molar-refractivity contribution in [3.8, 4) is 0 Å². The highest BCUT2D eigenvalue weighted by atomic mass is 16.4. The summed E-state index contributed by atoms with van der Waals surface area (Å²) in [6.45, 7) is 0. The lowest BCUT2D eigenvalue weighted by Crippen LogP contribution is -2.02. The van der Waals surface area contributed by atoms with Gasteiger partial charge in [0.15, 0.2) is 0 Å². The topological polar surface area (TPSA) is 87.2 Å². The minimum atomic E-state index is -1.07. The van der Waals surface area contributed by atoms with Gasteiger partial charge in [0.2, 0.25) is 0 Å². The van der Waals surface area contributed by atoms with Crippen LogP contribution in [-0.4, -0.2) is 17.3 Å². The number of benzene rings is 1. The minimum absolute atomic E-state index is 0.0380. The number of nitrogen functional groups attached to an aromatic ring is 1. The van der Waals surface area contributed by atoms with Crippen molar-refractivity contribution in [2.45, 2.75) is 0 Å². The number of anilines is 1. The van der Waals surface area contributed by atoms with Crippen LogP contribution in [0.2, 0.25) is 0 Å². The molecule has 0 bridgehead atoms. The van der Waals surface area contributed by atoms with Gasteiger partial charge in [-0.25, -0.2) is 4.79 Å². The Hall–Kier alpha value is -1.84. The van der Waals surface area contributed by atoms with Crippen molar-refractivity contribution in [2.75, 3.05) is 5.73 Å². The van der Waals surface area contributed by atoms with Gasteiger partial charge in [-0.15, -0.1) is 0 Å². The van der Waals surface area contributed by atoms with Crippen LogP contribution in [0.15, 0.2) is 18.2 Å². The molecule has 0 spiro atoms. The second-order valence-corrected chi connectivity index (χ2v) is 2.30. The number of nitrogens with two attached hydrogens (primary N) is 1. The van der Waals surface area contributed by atoms with Crippen molar-refractivity contribution in [1.82, 2.24) is 0 Å². The maximum atomic E-state index is 10.5. The second-order valence-electron chi connectivity index (χ2n) is 2.30. The Labute approximate surface area is 69.1 Å². The van der Waals surface area contributed by atoms with Crippen molar-refractivity contribution >= 4 is 17.9 Å². The molecule has 1 aromatic rings. The Morgan fingerprint density at radius 3 is 2.75 bits per heavy atom. The molecule has 62 valence electrons. The third-order valence-corrected chi connectivity index (χ3v) is 1.47. The molecule has 0 radical (unpaired) electrons. The van der Waals surface area contributed by atoms with Crippen molar-refractivity contribution in [3.63, 3.8) is 0 Å². The summed E-state index contributed by atoms with van der Waals surface area (Å²) in [5.74, 6) is -1.07. The Morgan fingerprint density at radius 1 is 1.58 bits per heavy atom. The van der Waals surface area contributed by atoms with Crippen molar-refractivity contribution in [2.24, 2.45) is 0 Å². The molecule has 0 aromatic heterocycles. The van der Waals surface area contributed by atoms with Gasteiger partial charge >= 0.3 is 5.97 Å². The highest BCUT2D eigenvalue weighted by molar-refractivity contribution is 5.95. The van der Waals surface area contributed by atoms with Gasteiger partial charge in [0.1, 0.15) is 0 Å². The molecule has 0 aliphatic rings. The highest BCUT2D eigenvalue weighted by Gasteiger charge is 2.06. The molecule has 0 heterocycles. The zero-order valence-corrected chi connectivity index (χ0v) is 6.24. The van der Waals surface area contributed by atoms with Gasteiger partial charge in [0, 0.05) is 11.9 Å². The molecule has 4 N–H and O–H groups in total. The number of hydrogen-bond acceptors (Lipinski definition) is 3. The number of carbonyl (C=O) groups is 1. The minimum Gasteiger partial charge on any atom is -0.478 e. The molecule has 0 unspecified atom stereocenters. The first-order valence-electron chi connectivity index (χ1n) is 3.28. The van der Waals surface area contributed by atoms with E-state index in [9.17, 15) is 4.79 Å². The lowest BCUT2D eigenvalue weighted by molar-refractivity contribution is 0.0698. The van der Waals surface area contributed by atoms with Crippen molar-refractivity contribution < 1.29 is 9.90 Å². The Morgan fingerprint density at radius 2 is 2.25 bits per heavy atom. The van der Waals surface area contributed by atoms with E-state index in [0.29, 0.717) is 5.56 Å². The normalized spacial score (nSPS) is 9.33. The van der Waals surface area contributed by atoms with E-state index >= 15 is 0 Å². The largest absolute Gasteiger partial charge is 0.478 e. The van der Waals surface area contributed by atoms with Crippen LogP contribution in [0.25, 0.3) is 0 Å². The molecule has 0 amide bonds. The van der Waals surface area contributed by atoms with Crippen LogP contribution in [-0.2, 0) is 0 Å². The first-order chi connectivity index (χ1) is 5.65. The summed E-state index contributed by atoms with van der Waals surface area (Å²) in [6, 6.07) is 4.43. The molecular weight excluding hydrogens is 156 g/mol. The number of hydrogen-bond donors (Lipinski definition) is 3.